The first-order chi connectivity index (χ1) is 12.3. The highest BCUT2D eigenvalue weighted by Crippen LogP contribution is 2.29. The molecule has 0 fully saturated rings. The first-order valence-electron chi connectivity index (χ1n) is 7.38. The zero-order valence-corrected chi connectivity index (χ0v) is 19.5. The molecule has 6 nitrogen and oxygen atoms in total. The number of para-hydroxylation sites is 1. The number of aliphatic hydroxyl groups is 1. The quantitative estimate of drug-likeness (QED) is 0.344. The van der Waals surface area contributed by atoms with Crippen LogP contribution in [0.3, 0.4) is 0 Å². The highest BCUT2D eigenvalue weighted by atomic mass is 127. The summed E-state index contributed by atoms with van der Waals surface area (Å²) < 4.78 is 2.92. The van der Waals surface area contributed by atoms with Gasteiger partial charge >= 0.3 is 6.03 Å². The van der Waals surface area contributed by atoms with Crippen molar-refractivity contribution in [3.63, 3.8) is 0 Å². The Morgan fingerprint density at radius 2 is 1.77 bits per heavy atom. The van der Waals surface area contributed by atoms with Gasteiger partial charge in [-0.25, -0.2) is 4.79 Å². The SMILES string of the molecule is O=C(Nc1c(I)cc(I)cc1I)NC1C=C(O)C(=O)Nc2ccccc21. The van der Waals surface area contributed by atoms with E-state index in [0.29, 0.717) is 16.9 Å². The molecule has 3 rings (SSSR count). The number of benzene rings is 2. The average Bonchev–Trinajstić information content (AvgIpc) is 2.68. The van der Waals surface area contributed by atoms with Crippen LogP contribution in [0.2, 0.25) is 0 Å². The van der Waals surface area contributed by atoms with Crippen LogP contribution in [-0.2, 0) is 4.79 Å². The molecule has 4 N–H and O–H groups in total. The van der Waals surface area contributed by atoms with Gasteiger partial charge in [0.1, 0.15) is 0 Å². The third kappa shape index (κ3) is 4.42. The number of rotatable bonds is 2. The van der Waals surface area contributed by atoms with Crippen molar-refractivity contribution in [2.75, 3.05) is 10.6 Å². The maximum Gasteiger partial charge on any atom is 0.320 e. The zero-order chi connectivity index (χ0) is 18.8. The van der Waals surface area contributed by atoms with E-state index in [1.165, 1.54) is 6.08 Å². The molecule has 0 bridgehead atoms. The van der Waals surface area contributed by atoms with Gasteiger partial charge in [0.2, 0.25) is 0 Å². The summed E-state index contributed by atoms with van der Waals surface area (Å²) in [5.74, 6) is -1.05. The van der Waals surface area contributed by atoms with E-state index < -0.39 is 23.7 Å². The summed E-state index contributed by atoms with van der Waals surface area (Å²) in [5.41, 5.74) is 1.95. The number of carbonyl (C=O) groups excluding carboxylic acids is 2. The lowest BCUT2D eigenvalue weighted by Gasteiger charge is -2.18. The van der Waals surface area contributed by atoms with Crippen LogP contribution in [0, 0.1) is 10.7 Å². The van der Waals surface area contributed by atoms with Crippen LogP contribution in [0.1, 0.15) is 11.6 Å². The van der Waals surface area contributed by atoms with Crippen molar-refractivity contribution < 1.29 is 14.7 Å². The molecular formula is C17H12I3N3O3. The first kappa shape index (κ1) is 19.7. The maximum absolute atomic E-state index is 12.5. The summed E-state index contributed by atoms with van der Waals surface area (Å²) in [6.07, 6.45) is 1.32. The van der Waals surface area contributed by atoms with E-state index in [1.807, 2.05) is 12.1 Å². The molecule has 134 valence electrons. The topological polar surface area (TPSA) is 90.5 Å². The third-order valence-electron chi connectivity index (χ3n) is 3.63. The van der Waals surface area contributed by atoms with Gasteiger partial charge in [0, 0.05) is 22.0 Å². The van der Waals surface area contributed by atoms with E-state index in [2.05, 4.69) is 83.7 Å². The number of amides is 3. The lowest BCUT2D eigenvalue weighted by atomic mass is 10.1. The number of hydrogen-bond acceptors (Lipinski definition) is 3. The fraction of sp³-hybridized carbons (Fsp3) is 0.0588. The predicted molar refractivity (Wildman–Crippen MR) is 125 cm³/mol. The lowest BCUT2D eigenvalue weighted by Crippen LogP contribution is -2.32. The number of nitrogens with one attached hydrogen (secondary N) is 3. The number of hydrogen-bond donors (Lipinski definition) is 4. The molecule has 0 saturated heterocycles. The van der Waals surface area contributed by atoms with Gasteiger partial charge in [0.05, 0.1) is 11.7 Å². The number of halogens is 3. The molecule has 0 radical (unpaired) electrons. The van der Waals surface area contributed by atoms with Crippen LogP contribution in [0.5, 0.6) is 0 Å². The molecule has 2 aromatic rings. The Hall–Kier alpha value is -1.09. The highest BCUT2D eigenvalue weighted by Gasteiger charge is 2.24. The van der Waals surface area contributed by atoms with Crippen molar-refractivity contribution in [3.8, 4) is 0 Å². The molecule has 0 aromatic heterocycles. The highest BCUT2D eigenvalue weighted by molar-refractivity contribution is 14.1. The second-order valence-electron chi connectivity index (χ2n) is 5.41. The van der Waals surface area contributed by atoms with Gasteiger partial charge in [-0.3, -0.25) is 4.79 Å². The Balaban J connectivity index is 1.86. The van der Waals surface area contributed by atoms with Gasteiger partial charge in [-0.2, -0.15) is 0 Å². The minimum atomic E-state index is -0.649. The summed E-state index contributed by atoms with van der Waals surface area (Å²) >= 11 is 6.56. The number of anilines is 2. The Morgan fingerprint density at radius 3 is 2.46 bits per heavy atom. The number of fused-ring (bicyclic) bond motifs is 1. The standard InChI is InChI=1S/C17H12I3N3O3/c18-8-5-10(19)15(11(20)6-8)23-17(26)22-13-7-14(24)16(25)21-12-4-2-1-3-9(12)13/h1-7,13,24H,(H,21,25)(H2,22,23,26). The van der Waals surface area contributed by atoms with Gasteiger partial charge in [0.15, 0.2) is 5.76 Å². The number of urea groups is 1. The normalized spacial score (nSPS) is 16.0. The van der Waals surface area contributed by atoms with E-state index >= 15 is 0 Å². The molecular weight excluding hydrogens is 675 g/mol. The average molecular weight is 687 g/mol. The molecule has 0 spiro atoms. The molecule has 2 aromatic carbocycles. The van der Waals surface area contributed by atoms with Crippen molar-refractivity contribution in [2.45, 2.75) is 6.04 Å². The van der Waals surface area contributed by atoms with E-state index in [4.69, 9.17) is 0 Å². The van der Waals surface area contributed by atoms with E-state index in [-0.39, 0.29) is 0 Å². The summed E-state index contributed by atoms with van der Waals surface area (Å²) in [7, 11) is 0. The zero-order valence-electron chi connectivity index (χ0n) is 13.0. The molecule has 1 heterocycles. The number of aliphatic hydroxyl groups excluding tert-OH is 1. The molecule has 1 atom stereocenters. The number of carbonyl (C=O) groups is 2. The Kier molecular flexibility index (Phi) is 6.27. The van der Waals surface area contributed by atoms with Crippen molar-refractivity contribution in [3.05, 3.63) is 64.5 Å². The molecule has 1 aliphatic rings. The Bertz CT molecular complexity index is 907. The van der Waals surface area contributed by atoms with Crippen molar-refractivity contribution in [1.29, 1.82) is 0 Å². The Labute approximate surface area is 190 Å². The maximum atomic E-state index is 12.5. The van der Waals surface area contributed by atoms with E-state index in [9.17, 15) is 14.7 Å². The van der Waals surface area contributed by atoms with Gasteiger partial charge in [0.25, 0.3) is 5.91 Å². The summed E-state index contributed by atoms with van der Waals surface area (Å²) in [5, 5.41) is 18.2. The van der Waals surface area contributed by atoms with Crippen LogP contribution in [0.4, 0.5) is 16.2 Å². The van der Waals surface area contributed by atoms with Crippen molar-refractivity contribution in [1.82, 2.24) is 5.32 Å². The molecule has 0 saturated carbocycles. The van der Waals surface area contributed by atoms with E-state index in [1.54, 1.807) is 24.3 Å². The summed E-state index contributed by atoms with van der Waals surface area (Å²) in [6.45, 7) is 0. The summed E-state index contributed by atoms with van der Waals surface area (Å²) in [4.78, 5) is 24.4. The van der Waals surface area contributed by atoms with Gasteiger partial charge in [-0.05, 0) is 92.0 Å². The van der Waals surface area contributed by atoms with Crippen LogP contribution in [0.15, 0.2) is 48.2 Å². The molecule has 0 aliphatic carbocycles. The fourth-order valence-electron chi connectivity index (χ4n) is 2.46. The van der Waals surface area contributed by atoms with E-state index in [0.717, 1.165) is 10.7 Å². The van der Waals surface area contributed by atoms with Gasteiger partial charge in [-0.1, -0.05) is 18.2 Å². The largest absolute Gasteiger partial charge is 0.503 e. The van der Waals surface area contributed by atoms with Crippen LogP contribution in [-0.4, -0.2) is 17.0 Å². The van der Waals surface area contributed by atoms with Gasteiger partial charge in [-0.15, -0.1) is 0 Å². The van der Waals surface area contributed by atoms with Crippen LogP contribution >= 0.6 is 67.8 Å². The second-order valence-corrected chi connectivity index (χ2v) is 8.98. The van der Waals surface area contributed by atoms with Crippen LogP contribution in [0.25, 0.3) is 0 Å². The second kappa shape index (κ2) is 8.29. The minimum absolute atomic E-state index is 0.430. The van der Waals surface area contributed by atoms with Crippen LogP contribution < -0.4 is 16.0 Å². The smallest absolute Gasteiger partial charge is 0.320 e. The molecule has 9 heteroatoms. The van der Waals surface area contributed by atoms with Gasteiger partial charge < -0.3 is 21.1 Å². The molecule has 3 amide bonds. The monoisotopic (exact) mass is 687 g/mol. The van der Waals surface area contributed by atoms with Crippen molar-refractivity contribution >= 4 is 91.1 Å². The molecule has 1 aliphatic heterocycles. The third-order valence-corrected chi connectivity index (χ3v) is 5.96. The Morgan fingerprint density at radius 1 is 1.12 bits per heavy atom. The molecule has 1 unspecified atom stereocenters. The molecule has 26 heavy (non-hydrogen) atoms. The lowest BCUT2D eigenvalue weighted by molar-refractivity contribution is -0.115. The summed E-state index contributed by atoms with van der Waals surface area (Å²) in [6, 6.07) is 9.94. The van der Waals surface area contributed by atoms with Crippen molar-refractivity contribution in [2.24, 2.45) is 0 Å². The minimum Gasteiger partial charge on any atom is -0.503 e. The first-order valence-corrected chi connectivity index (χ1v) is 10.6. The predicted octanol–water partition coefficient (Wildman–Crippen LogP) is 4.76. The fourth-order valence-corrected chi connectivity index (χ4v) is 6.32.